The summed E-state index contributed by atoms with van der Waals surface area (Å²) in [4.78, 5) is 28.8. The number of amides is 1. The highest BCUT2D eigenvalue weighted by molar-refractivity contribution is 6.05. The number of aryl methyl sites for hydroxylation is 1. The molecule has 0 heterocycles. The Morgan fingerprint density at radius 2 is 1.84 bits per heavy atom. The first-order chi connectivity index (χ1) is 15.0. The molecule has 1 amide bonds. The normalized spacial score (nSPS) is 15.8. The highest BCUT2D eigenvalue weighted by Crippen LogP contribution is 2.30. The number of ether oxygens (including phenoxy) is 1. The van der Waals surface area contributed by atoms with E-state index >= 15 is 0 Å². The first-order valence-corrected chi connectivity index (χ1v) is 11.0. The molecule has 31 heavy (non-hydrogen) atoms. The molecule has 6 heteroatoms. The minimum atomic E-state index is -0.172. The monoisotopic (exact) mass is 421 g/mol. The molecule has 0 saturated carbocycles. The summed E-state index contributed by atoms with van der Waals surface area (Å²) in [6.07, 6.45) is 4.13. The number of aliphatic imine (C=N–C) groups is 1. The molecule has 2 aromatic rings. The van der Waals surface area contributed by atoms with Gasteiger partial charge in [-0.15, -0.1) is 0 Å². The molecule has 0 aromatic heterocycles. The van der Waals surface area contributed by atoms with Gasteiger partial charge in [0.15, 0.2) is 0 Å². The average Bonchev–Trinajstić information content (AvgIpc) is 2.77. The Kier molecular flexibility index (Phi) is 7.82. The number of hydrogen-bond acceptors (Lipinski definition) is 4. The fourth-order valence-corrected chi connectivity index (χ4v) is 3.86. The zero-order valence-corrected chi connectivity index (χ0v) is 18.3. The number of carbonyl (C=O) groups excluding carboxylic acids is 2. The van der Waals surface area contributed by atoms with Crippen molar-refractivity contribution in [2.24, 2.45) is 16.6 Å². The zero-order chi connectivity index (χ0) is 22.2. The molecular formula is C25H31N3O3. The molecule has 164 valence electrons. The standard InChI is InChI=1S/C25H31N3O3/c1-3-13-27-24(26)19-7-9-20(10-8-19)25(30)28-22-12-11-18-6-5-17(14-21(18)16-22)15-23(29)31-4-2/h7-12,16-17H,3-6,13-15H2,1-2H3,(H2,26,27)(H,28,30). The number of nitrogens with two attached hydrogens (primary N) is 1. The van der Waals surface area contributed by atoms with Crippen LogP contribution >= 0.6 is 0 Å². The van der Waals surface area contributed by atoms with Crippen molar-refractivity contribution >= 4 is 23.4 Å². The molecule has 2 aromatic carbocycles. The Hall–Kier alpha value is -3.15. The largest absolute Gasteiger partial charge is 0.466 e. The number of amidine groups is 1. The quantitative estimate of drug-likeness (QED) is 0.381. The maximum absolute atomic E-state index is 12.7. The molecule has 1 aliphatic carbocycles. The fourth-order valence-electron chi connectivity index (χ4n) is 3.86. The third kappa shape index (κ3) is 6.17. The van der Waals surface area contributed by atoms with E-state index in [1.165, 1.54) is 11.1 Å². The van der Waals surface area contributed by atoms with Crippen molar-refractivity contribution in [1.29, 1.82) is 0 Å². The van der Waals surface area contributed by atoms with Crippen molar-refractivity contribution in [2.75, 3.05) is 18.5 Å². The van der Waals surface area contributed by atoms with Gasteiger partial charge in [0.25, 0.3) is 5.91 Å². The van der Waals surface area contributed by atoms with Crippen molar-refractivity contribution < 1.29 is 14.3 Å². The number of rotatable bonds is 8. The van der Waals surface area contributed by atoms with Crippen LogP contribution in [0.15, 0.2) is 47.5 Å². The topological polar surface area (TPSA) is 93.8 Å². The van der Waals surface area contributed by atoms with Gasteiger partial charge in [-0.1, -0.05) is 25.1 Å². The van der Waals surface area contributed by atoms with Crippen LogP contribution in [0.3, 0.4) is 0 Å². The fraction of sp³-hybridized carbons (Fsp3) is 0.400. The predicted octanol–water partition coefficient (Wildman–Crippen LogP) is 4.11. The van der Waals surface area contributed by atoms with E-state index in [4.69, 9.17) is 10.5 Å². The molecule has 3 rings (SSSR count). The number of anilines is 1. The summed E-state index contributed by atoms with van der Waals surface area (Å²) in [5, 5.41) is 2.98. The maximum Gasteiger partial charge on any atom is 0.306 e. The first kappa shape index (κ1) is 22.5. The van der Waals surface area contributed by atoms with Crippen LogP contribution in [-0.4, -0.2) is 30.9 Å². The Labute approximate surface area is 183 Å². The van der Waals surface area contributed by atoms with E-state index in [0.717, 1.165) is 36.9 Å². The van der Waals surface area contributed by atoms with Crippen LogP contribution in [0, 0.1) is 5.92 Å². The molecule has 3 N–H and O–H groups in total. The lowest BCUT2D eigenvalue weighted by molar-refractivity contribution is -0.144. The third-order valence-electron chi connectivity index (χ3n) is 5.50. The minimum Gasteiger partial charge on any atom is -0.466 e. The van der Waals surface area contributed by atoms with Gasteiger partial charge < -0.3 is 15.8 Å². The van der Waals surface area contributed by atoms with Gasteiger partial charge in [0.05, 0.1) is 6.61 Å². The van der Waals surface area contributed by atoms with Gasteiger partial charge in [0, 0.05) is 29.8 Å². The SMILES string of the molecule is CCCN=C(N)c1ccc(C(=O)Nc2ccc3c(c2)CC(CC(=O)OCC)CC3)cc1. The lowest BCUT2D eigenvalue weighted by atomic mass is 9.82. The third-order valence-corrected chi connectivity index (χ3v) is 5.50. The van der Waals surface area contributed by atoms with Crippen molar-refractivity contribution in [3.8, 4) is 0 Å². The Bertz CT molecular complexity index is 951. The van der Waals surface area contributed by atoms with Crippen LogP contribution in [0.1, 0.15) is 60.2 Å². The summed E-state index contributed by atoms with van der Waals surface area (Å²) in [6.45, 7) is 4.97. The molecular weight excluding hydrogens is 390 g/mol. The Morgan fingerprint density at radius 3 is 2.55 bits per heavy atom. The summed E-state index contributed by atoms with van der Waals surface area (Å²) in [5.41, 5.74) is 10.6. The highest BCUT2D eigenvalue weighted by atomic mass is 16.5. The van der Waals surface area contributed by atoms with Gasteiger partial charge in [-0.3, -0.25) is 14.6 Å². The van der Waals surface area contributed by atoms with E-state index in [1.54, 1.807) is 12.1 Å². The molecule has 0 saturated heterocycles. The zero-order valence-electron chi connectivity index (χ0n) is 18.3. The van der Waals surface area contributed by atoms with Crippen molar-refractivity contribution in [1.82, 2.24) is 0 Å². The van der Waals surface area contributed by atoms with E-state index in [1.807, 2.05) is 38.1 Å². The summed E-state index contributed by atoms with van der Waals surface area (Å²) in [5.74, 6) is 0.462. The number of esters is 1. The smallest absolute Gasteiger partial charge is 0.306 e. The molecule has 1 unspecified atom stereocenters. The first-order valence-electron chi connectivity index (χ1n) is 11.0. The number of hydrogen-bond donors (Lipinski definition) is 2. The molecule has 0 fully saturated rings. The van der Waals surface area contributed by atoms with Crippen LogP contribution in [0.4, 0.5) is 5.69 Å². The van der Waals surface area contributed by atoms with Crippen LogP contribution in [0.2, 0.25) is 0 Å². The second-order valence-electron chi connectivity index (χ2n) is 7.90. The molecule has 0 aliphatic heterocycles. The van der Waals surface area contributed by atoms with Gasteiger partial charge in [0.1, 0.15) is 5.84 Å². The van der Waals surface area contributed by atoms with Crippen LogP contribution in [0.5, 0.6) is 0 Å². The van der Waals surface area contributed by atoms with Gasteiger partial charge in [0.2, 0.25) is 0 Å². The Morgan fingerprint density at radius 1 is 1.10 bits per heavy atom. The van der Waals surface area contributed by atoms with Crippen molar-refractivity contribution in [3.05, 3.63) is 64.7 Å². The van der Waals surface area contributed by atoms with Crippen LogP contribution in [-0.2, 0) is 22.4 Å². The van der Waals surface area contributed by atoms with Crippen molar-refractivity contribution in [3.63, 3.8) is 0 Å². The summed E-state index contributed by atoms with van der Waals surface area (Å²) in [6, 6.07) is 13.2. The number of benzene rings is 2. The number of nitrogens with zero attached hydrogens (tertiary/aromatic N) is 1. The molecule has 0 radical (unpaired) electrons. The number of carbonyl (C=O) groups is 2. The van der Waals surface area contributed by atoms with Crippen molar-refractivity contribution in [2.45, 2.75) is 46.0 Å². The Balaban J connectivity index is 1.64. The highest BCUT2D eigenvalue weighted by Gasteiger charge is 2.22. The molecule has 1 atom stereocenters. The van der Waals surface area contributed by atoms with Gasteiger partial charge in [-0.25, -0.2) is 0 Å². The van der Waals surface area contributed by atoms with E-state index < -0.39 is 0 Å². The van der Waals surface area contributed by atoms with E-state index in [-0.39, 0.29) is 17.8 Å². The number of nitrogens with one attached hydrogen (secondary N) is 1. The summed E-state index contributed by atoms with van der Waals surface area (Å²) >= 11 is 0. The van der Waals surface area contributed by atoms with E-state index in [0.29, 0.717) is 31.0 Å². The second kappa shape index (κ2) is 10.8. The lowest BCUT2D eigenvalue weighted by Gasteiger charge is -2.24. The lowest BCUT2D eigenvalue weighted by Crippen LogP contribution is -2.19. The average molecular weight is 422 g/mol. The molecule has 0 bridgehead atoms. The molecule has 1 aliphatic rings. The van der Waals surface area contributed by atoms with Crippen LogP contribution < -0.4 is 11.1 Å². The van der Waals surface area contributed by atoms with E-state index in [9.17, 15) is 9.59 Å². The van der Waals surface area contributed by atoms with Gasteiger partial charge in [-0.05, 0) is 73.9 Å². The number of fused-ring (bicyclic) bond motifs is 1. The predicted molar refractivity (Wildman–Crippen MR) is 123 cm³/mol. The van der Waals surface area contributed by atoms with E-state index in [2.05, 4.69) is 16.4 Å². The van der Waals surface area contributed by atoms with Crippen LogP contribution in [0.25, 0.3) is 0 Å². The summed E-state index contributed by atoms with van der Waals surface area (Å²) in [7, 11) is 0. The molecule has 6 nitrogen and oxygen atoms in total. The second-order valence-corrected chi connectivity index (χ2v) is 7.90. The summed E-state index contributed by atoms with van der Waals surface area (Å²) < 4.78 is 5.09. The van der Waals surface area contributed by atoms with Gasteiger partial charge in [-0.2, -0.15) is 0 Å². The minimum absolute atomic E-state index is 0.135. The molecule has 0 spiro atoms. The van der Waals surface area contributed by atoms with Gasteiger partial charge >= 0.3 is 5.97 Å². The maximum atomic E-state index is 12.7.